The Morgan fingerprint density at radius 2 is 2.10 bits per heavy atom. The van der Waals surface area contributed by atoms with E-state index in [9.17, 15) is 13.2 Å². The Labute approximate surface area is 56.8 Å². The van der Waals surface area contributed by atoms with Crippen LogP contribution >= 0.6 is 0 Å². The van der Waals surface area contributed by atoms with Gasteiger partial charge in [0.15, 0.2) is 6.04 Å². The molecule has 1 rings (SSSR count). The van der Waals surface area contributed by atoms with Gasteiger partial charge in [-0.3, -0.25) is 5.32 Å². The van der Waals surface area contributed by atoms with Crippen molar-refractivity contribution in [3.63, 3.8) is 0 Å². The van der Waals surface area contributed by atoms with Gasteiger partial charge in [0.2, 0.25) is 0 Å². The second kappa shape index (κ2) is 2.75. The average Bonchev–Trinajstić information content (AvgIpc) is 1.88. The lowest BCUT2D eigenvalue weighted by molar-refractivity contribution is -0.666. The van der Waals surface area contributed by atoms with Crippen LogP contribution in [0.4, 0.5) is 13.2 Å². The molecule has 0 amide bonds. The Balaban J connectivity index is 2.39. The number of nitrogens with one attached hydrogen (secondary N) is 1. The van der Waals surface area contributed by atoms with E-state index >= 15 is 0 Å². The molecule has 0 aromatic rings. The third kappa shape index (κ3) is 1.85. The van der Waals surface area contributed by atoms with Crippen LogP contribution in [0, 0.1) is 0 Å². The van der Waals surface area contributed by atoms with Crippen molar-refractivity contribution >= 4 is 0 Å². The highest BCUT2D eigenvalue weighted by Crippen LogP contribution is 2.19. The van der Waals surface area contributed by atoms with Crippen molar-refractivity contribution in [3.8, 4) is 0 Å². The van der Waals surface area contributed by atoms with Crippen LogP contribution in [0.25, 0.3) is 0 Å². The van der Waals surface area contributed by atoms with Crippen LogP contribution in [0.2, 0.25) is 0 Å². The Morgan fingerprint density at radius 3 is 2.40 bits per heavy atom. The van der Waals surface area contributed by atoms with Crippen molar-refractivity contribution in [2.75, 3.05) is 19.6 Å². The summed E-state index contributed by atoms with van der Waals surface area (Å²) in [4.78, 5) is 0. The van der Waals surface area contributed by atoms with Crippen molar-refractivity contribution in [2.24, 2.45) is 0 Å². The third-order valence-corrected chi connectivity index (χ3v) is 1.54. The summed E-state index contributed by atoms with van der Waals surface area (Å²) in [5.74, 6) is 0. The molecule has 0 aromatic carbocycles. The summed E-state index contributed by atoms with van der Waals surface area (Å²) in [6.07, 6.45) is -4.07. The lowest BCUT2D eigenvalue weighted by Crippen LogP contribution is -2.92. The smallest absolute Gasteiger partial charge is 0.344 e. The SMILES string of the molecule is FC(F)(F)C1C[NH2+]CCN1. The van der Waals surface area contributed by atoms with E-state index in [0.29, 0.717) is 6.54 Å². The zero-order valence-corrected chi connectivity index (χ0v) is 5.41. The zero-order valence-electron chi connectivity index (χ0n) is 5.41. The molecule has 1 aliphatic heterocycles. The molecule has 5 heteroatoms. The lowest BCUT2D eigenvalue weighted by Gasteiger charge is -2.23. The fourth-order valence-electron chi connectivity index (χ4n) is 0.977. The van der Waals surface area contributed by atoms with Crippen LogP contribution in [-0.2, 0) is 0 Å². The molecule has 1 atom stereocenters. The molecule has 1 saturated heterocycles. The van der Waals surface area contributed by atoms with E-state index in [2.05, 4.69) is 5.32 Å². The minimum absolute atomic E-state index is 0.115. The van der Waals surface area contributed by atoms with Gasteiger partial charge in [0.25, 0.3) is 0 Å². The van der Waals surface area contributed by atoms with Crippen molar-refractivity contribution in [1.82, 2.24) is 5.32 Å². The lowest BCUT2D eigenvalue weighted by atomic mass is 10.2. The summed E-state index contributed by atoms with van der Waals surface area (Å²) in [7, 11) is 0. The maximum Gasteiger partial charge on any atom is 0.409 e. The quantitative estimate of drug-likeness (QED) is 0.465. The third-order valence-electron chi connectivity index (χ3n) is 1.54. The first-order valence-electron chi connectivity index (χ1n) is 3.22. The highest BCUT2D eigenvalue weighted by molar-refractivity contribution is 4.74. The van der Waals surface area contributed by atoms with Gasteiger partial charge < -0.3 is 5.32 Å². The molecular formula is C5H10F3N2+. The van der Waals surface area contributed by atoms with E-state index in [0.717, 1.165) is 6.54 Å². The van der Waals surface area contributed by atoms with E-state index in [1.54, 1.807) is 5.32 Å². The highest BCUT2D eigenvalue weighted by atomic mass is 19.4. The molecule has 2 nitrogen and oxygen atoms in total. The minimum Gasteiger partial charge on any atom is -0.344 e. The number of alkyl halides is 3. The molecule has 0 spiro atoms. The van der Waals surface area contributed by atoms with Gasteiger partial charge in [-0.2, -0.15) is 13.2 Å². The molecule has 10 heavy (non-hydrogen) atoms. The zero-order chi connectivity index (χ0) is 7.61. The van der Waals surface area contributed by atoms with E-state index in [1.807, 2.05) is 0 Å². The predicted molar refractivity (Wildman–Crippen MR) is 29.5 cm³/mol. The largest absolute Gasteiger partial charge is 0.409 e. The molecule has 0 aliphatic carbocycles. The Kier molecular flexibility index (Phi) is 2.15. The molecule has 0 aromatic heterocycles. The predicted octanol–water partition coefficient (Wildman–Crippen LogP) is -0.916. The van der Waals surface area contributed by atoms with Gasteiger partial charge in [0.1, 0.15) is 6.54 Å². The van der Waals surface area contributed by atoms with Crippen molar-refractivity contribution in [2.45, 2.75) is 12.2 Å². The summed E-state index contributed by atoms with van der Waals surface area (Å²) < 4.78 is 35.6. The van der Waals surface area contributed by atoms with Crippen LogP contribution in [0.5, 0.6) is 0 Å². The number of halogens is 3. The monoisotopic (exact) mass is 155 g/mol. The standard InChI is InChI=1S/C5H9F3N2/c6-5(7,8)4-3-9-1-2-10-4/h4,9-10H,1-3H2/p+1. The molecule has 1 heterocycles. The number of nitrogens with two attached hydrogens (primary N) is 1. The summed E-state index contributed by atoms with van der Waals surface area (Å²) in [6.45, 7) is 1.31. The van der Waals surface area contributed by atoms with Crippen molar-refractivity contribution in [1.29, 1.82) is 0 Å². The van der Waals surface area contributed by atoms with Gasteiger partial charge in [0.05, 0.1) is 6.54 Å². The second-order valence-electron chi connectivity index (χ2n) is 2.36. The van der Waals surface area contributed by atoms with Gasteiger partial charge in [0, 0.05) is 6.54 Å². The molecule has 0 saturated carbocycles. The van der Waals surface area contributed by atoms with Crippen LogP contribution in [0.1, 0.15) is 0 Å². The first kappa shape index (κ1) is 7.81. The number of hydrogen-bond acceptors (Lipinski definition) is 1. The van der Waals surface area contributed by atoms with Gasteiger partial charge in [-0.1, -0.05) is 0 Å². The van der Waals surface area contributed by atoms with Gasteiger partial charge in [-0.05, 0) is 0 Å². The maximum atomic E-state index is 11.9. The van der Waals surface area contributed by atoms with Crippen LogP contribution < -0.4 is 10.6 Å². The Hall–Kier alpha value is -0.290. The van der Waals surface area contributed by atoms with Gasteiger partial charge >= 0.3 is 6.18 Å². The second-order valence-corrected chi connectivity index (χ2v) is 2.36. The average molecular weight is 155 g/mol. The van der Waals surface area contributed by atoms with Crippen LogP contribution in [-0.4, -0.2) is 31.9 Å². The molecule has 0 bridgehead atoms. The van der Waals surface area contributed by atoms with E-state index in [-0.39, 0.29) is 6.54 Å². The summed E-state index contributed by atoms with van der Waals surface area (Å²) >= 11 is 0. The van der Waals surface area contributed by atoms with Crippen LogP contribution in [0.15, 0.2) is 0 Å². The van der Waals surface area contributed by atoms with Gasteiger partial charge in [-0.25, -0.2) is 0 Å². The Bertz CT molecular complexity index is 106. The Morgan fingerprint density at radius 1 is 1.40 bits per heavy atom. The number of quaternary nitrogens is 1. The number of hydrogen-bond donors (Lipinski definition) is 2. The molecule has 60 valence electrons. The van der Waals surface area contributed by atoms with Gasteiger partial charge in [-0.15, -0.1) is 0 Å². The minimum atomic E-state index is -4.07. The molecule has 1 fully saturated rings. The molecule has 0 radical (unpaired) electrons. The summed E-state index contributed by atoms with van der Waals surface area (Å²) in [5.41, 5.74) is 0. The van der Waals surface area contributed by atoms with Crippen molar-refractivity contribution < 1.29 is 18.5 Å². The first-order valence-corrected chi connectivity index (χ1v) is 3.22. The normalized spacial score (nSPS) is 28.5. The fourth-order valence-corrected chi connectivity index (χ4v) is 0.977. The number of piperazine rings is 1. The van der Waals surface area contributed by atoms with E-state index in [4.69, 9.17) is 0 Å². The van der Waals surface area contributed by atoms with Crippen molar-refractivity contribution in [3.05, 3.63) is 0 Å². The van der Waals surface area contributed by atoms with E-state index in [1.165, 1.54) is 0 Å². The first-order chi connectivity index (χ1) is 4.61. The number of rotatable bonds is 0. The van der Waals surface area contributed by atoms with E-state index < -0.39 is 12.2 Å². The maximum absolute atomic E-state index is 11.9. The fraction of sp³-hybridized carbons (Fsp3) is 1.00. The molecule has 1 aliphatic rings. The topological polar surface area (TPSA) is 28.6 Å². The summed E-state index contributed by atoms with van der Waals surface area (Å²) in [5, 5.41) is 4.08. The molecule has 3 N–H and O–H groups in total. The molecule has 1 unspecified atom stereocenters. The summed E-state index contributed by atoms with van der Waals surface area (Å²) in [6, 6.07) is -1.30. The molecular weight excluding hydrogens is 145 g/mol. The highest BCUT2D eigenvalue weighted by Gasteiger charge is 2.41. The van der Waals surface area contributed by atoms with Crippen LogP contribution in [0.3, 0.4) is 0 Å².